The summed E-state index contributed by atoms with van der Waals surface area (Å²) in [6, 6.07) is 8.89. The molecule has 2 atom stereocenters. The van der Waals surface area contributed by atoms with Gasteiger partial charge in [0.2, 0.25) is 0 Å². The van der Waals surface area contributed by atoms with Crippen LogP contribution < -0.4 is 0 Å². The number of benzene rings is 2. The van der Waals surface area contributed by atoms with Crippen molar-refractivity contribution >= 4 is 12.2 Å². The van der Waals surface area contributed by atoms with Crippen LogP contribution in [0.3, 0.4) is 0 Å². The van der Waals surface area contributed by atoms with Crippen molar-refractivity contribution in [2.24, 2.45) is 0 Å². The van der Waals surface area contributed by atoms with Gasteiger partial charge in [-0.15, -0.1) is 0 Å². The fourth-order valence-corrected chi connectivity index (χ4v) is 6.28. The van der Waals surface area contributed by atoms with Crippen molar-refractivity contribution in [2.75, 3.05) is 13.1 Å². The summed E-state index contributed by atoms with van der Waals surface area (Å²) < 4.78 is 42.1. The molecular formula is C36H42F2N6O4. The van der Waals surface area contributed by atoms with E-state index in [0.717, 1.165) is 36.6 Å². The minimum atomic E-state index is -0.633. The van der Waals surface area contributed by atoms with E-state index in [-0.39, 0.29) is 29.3 Å². The Labute approximate surface area is 278 Å². The largest absolute Gasteiger partial charge is 0.444 e. The lowest BCUT2D eigenvalue weighted by Crippen LogP contribution is -2.36. The molecule has 0 unspecified atom stereocenters. The number of amides is 2. The zero-order valence-electron chi connectivity index (χ0n) is 28.2. The van der Waals surface area contributed by atoms with Gasteiger partial charge in [-0.3, -0.25) is 9.80 Å². The van der Waals surface area contributed by atoms with Crippen LogP contribution in [0.1, 0.15) is 91.0 Å². The molecule has 2 aliphatic heterocycles. The van der Waals surface area contributed by atoms with Crippen LogP contribution in [0, 0.1) is 11.6 Å². The van der Waals surface area contributed by atoms with Gasteiger partial charge in [0.05, 0.1) is 35.9 Å². The van der Waals surface area contributed by atoms with Crippen LogP contribution in [0.2, 0.25) is 0 Å². The number of carbonyl (C=O) groups excluding carboxylic acids is 2. The fourth-order valence-electron chi connectivity index (χ4n) is 6.28. The van der Waals surface area contributed by atoms with Gasteiger partial charge in [0, 0.05) is 24.2 Å². The fraction of sp³-hybridized carbons (Fsp3) is 0.444. The normalized spacial score (nSPS) is 18.4. The maximum atomic E-state index is 15.5. The van der Waals surface area contributed by atoms with Crippen molar-refractivity contribution in [1.82, 2.24) is 29.7 Å². The Balaban J connectivity index is 1.17. The molecule has 2 saturated heterocycles. The van der Waals surface area contributed by atoms with E-state index in [9.17, 15) is 9.59 Å². The van der Waals surface area contributed by atoms with Crippen molar-refractivity contribution in [3.8, 4) is 33.6 Å². The molecule has 0 bridgehead atoms. The molecule has 254 valence electrons. The van der Waals surface area contributed by atoms with Crippen molar-refractivity contribution in [2.45, 2.75) is 90.5 Å². The van der Waals surface area contributed by atoms with Crippen LogP contribution in [-0.4, -0.2) is 66.2 Å². The standard InChI is InChI=1S/C36H42F2N6O4/c1-35(2,3)47-33(45)43-15-7-9-29(43)31-39-19-27(41-31)22-13-11-21(12-14-22)23-17-26(38)24(18-25(23)37)28-20-40-32(42-28)30-10-8-16-44(30)34(46)48-36(4,5)6/h11-14,17-20,29-30H,7-10,15-16H2,1-6H3,(H,39,41)(H,40,42)/t29-,30-/m0/s1. The lowest BCUT2D eigenvalue weighted by molar-refractivity contribution is 0.0208. The van der Waals surface area contributed by atoms with E-state index in [2.05, 4.69) is 19.9 Å². The molecule has 6 rings (SSSR count). The Morgan fingerprint density at radius 3 is 1.67 bits per heavy atom. The van der Waals surface area contributed by atoms with E-state index >= 15 is 8.78 Å². The summed E-state index contributed by atoms with van der Waals surface area (Å²) in [6.07, 6.45) is 5.47. The van der Waals surface area contributed by atoms with Crippen LogP contribution in [-0.2, 0) is 9.47 Å². The van der Waals surface area contributed by atoms with Crippen molar-refractivity contribution in [1.29, 1.82) is 0 Å². The van der Waals surface area contributed by atoms with Crippen LogP contribution in [0.5, 0.6) is 0 Å². The first kappa shape index (κ1) is 33.2. The Kier molecular flexibility index (Phi) is 8.78. The summed E-state index contributed by atoms with van der Waals surface area (Å²) in [7, 11) is 0. The van der Waals surface area contributed by atoms with E-state index in [4.69, 9.17) is 9.47 Å². The molecule has 0 aliphatic carbocycles. The molecule has 4 heterocycles. The summed E-state index contributed by atoms with van der Waals surface area (Å²) >= 11 is 0. The molecule has 48 heavy (non-hydrogen) atoms. The summed E-state index contributed by atoms with van der Waals surface area (Å²) in [5, 5.41) is 0. The molecule has 0 radical (unpaired) electrons. The van der Waals surface area contributed by atoms with Gasteiger partial charge in [-0.25, -0.2) is 28.3 Å². The first-order valence-corrected chi connectivity index (χ1v) is 16.4. The number of rotatable bonds is 5. The zero-order valence-corrected chi connectivity index (χ0v) is 28.2. The zero-order chi connectivity index (χ0) is 34.4. The molecule has 2 aliphatic rings. The molecule has 2 fully saturated rings. The Hall–Kier alpha value is -4.74. The average molecular weight is 661 g/mol. The topological polar surface area (TPSA) is 116 Å². The number of aromatic amines is 2. The average Bonchev–Trinajstić information content (AvgIpc) is 3.82. The van der Waals surface area contributed by atoms with Gasteiger partial charge < -0.3 is 19.4 Å². The number of likely N-dealkylation sites (tertiary alicyclic amines) is 2. The third-order valence-electron chi connectivity index (χ3n) is 8.44. The molecule has 10 nitrogen and oxygen atoms in total. The first-order valence-electron chi connectivity index (χ1n) is 16.4. The number of nitrogens with zero attached hydrogens (tertiary/aromatic N) is 4. The molecule has 0 spiro atoms. The highest BCUT2D eigenvalue weighted by Crippen LogP contribution is 2.36. The van der Waals surface area contributed by atoms with E-state index < -0.39 is 28.9 Å². The van der Waals surface area contributed by atoms with E-state index in [1.807, 2.05) is 53.7 Å². The second-order valence-corrected chi connectivity index (χ2v) is 14.4. The van der Waals surface area contributed by atoms with Gasteiger partial charge >= 0.3 is 12.2 Å². The minimum absolute atomic E-state index is 0.0470. The predicted octanol–water partition coefficient (Wildman–Crippen LogP) is 8.56. The second-order valence-electron chi connectivity index (χ2n) is 14.4. The summed E-state index contributed by atoms with van der Waals surface area (Å²) in [6.45, 7) is 12.1. The van der Waals surface area contributed by atoms with Crippen molar-refractivity contribution in [3.63, 3.8) is 0 Å². The minimum Gasteiger partial charge on any atom is -0.444 e. The van der Waals surface area contributed by atoms with Gasteiger partial charge in [0.1, 0.15) is 34.5 Å². The highest BCUT2D eigenvalue weighted by molar-refractivity contribution is 5.73. The van der Waals surface area contributed by atoms with Gasteiger partial charge in [-0.2, -0.15) is 0 Å². The molecule has 2 N–H and O–H groups in total. The number of H-pyrrole nitrogens is 2. The van der Waals surface area contributed by atoms with Gasteiger partial charge in [-0.1, -0.05) is 24.3 Å². The Morgan fingerprint density at radius 2 is 1.15 bits per heavy atom. The molecule has 12 heteroatoms. The number of nitrogens with one attached hydrogen (secondary N) is 2. The summed E-state index contributed by atoms with van der Waals surface area (Å²) in [5.74, 6) is -0.0156. The van der Waals surface area contributed by atoms with Crippen LogP contribution in [0.15, 0.2) is 48.8 Å². The predicted molar refractivity (Wildman–Crippen MR) is 177 cm³/mol. The third-order valence-corrected chi connectivity index (χ3v) is 8.44. The Morgan fingerprint density at radius 1 is 0.708 bits per heavy atom. The number of carbonyl (C=O) groups is 2. The Bertz CT molecular complexity index is 1800. The van der Waals surface area contributed by atoms with Gasteiger partial charge in [0.15, 0.2) is 0 Å². The molecule has 0 saturated carbocycles. The lowest BCUT2D eigenvalue weighted by Gasteiger charge is -2.27. The maximum absolute atomic E-state index is 15.5. The summed E-state index contributed by atoms with van der Waals surface area (Å²) in [5.41, 5.74) is 1.34. The molecule has 4 aromatic rings. The number of ether oxygens (including phenoxy) is 2. The monoisotopic (exact) mass is 660 g/mol. The van der Waals surface area contributed by atoms with Crippen LogP contribution >= 0.6 is 0 Å². The highest BCUT2D eigenvalue weighted by Gasteiger charge is 2.36. The van der Waals surface area contributed by atoms with E-state index in [1.165, 1.54) is 12.3 Å². The maximum Gasteiger partial charge on any atom is 0.410 e. The van der Waals surface area contributed by atoms with E-state index in [1.54, 1.807) is 28.1 Å². The van der Waals surface area contributed by atoms with Crippen LogP contribution in [0.25, 0.3) is 33.6 Å². The number of hydrogen-bond acceptors (Lipinski definition) is 6. The third kappa shape index (κ3) is 7.07. The number of hydrogen-bond donors (Lipinski definition) is 2. The summed E-state index contributed by atoms with van der Waals surface area (Å²) in [4.78, 5) is 44.2. The smallest absolute Gasteiger partial charge is 0.410 e. The second kappa shape index (κ2) is 12.7. The van der Waals surface area contributed by atoms with Gasteiger partial charge in [-0.05, 0) is 90.5 Å². The molecule has 2 amide bonds. The van der Waals surface area contributed by atoms with E-state index in [0.29, 0.717) is 42.4 Å². The molecule has 2 aromatic carbocycles. The first-order chi connectivity index (χ1) is 22.7. The van der Waals surface area contributed by atoms with Crippen molar-refractivity contribution in [3.05, 3.63) is 72.1 Å². The number of aromatic nitrogens is 4. The molecular weight excluding hydrogens is 618 g/mol. The SMILES string of the molecule is CC(C)(C)OC(=O)N1CCC[C@H]1c1ncc(-c2ccc(-c3cc(F)c(-c4cnc([C@@H]5CCCN5C(=O)OC(C)(C)C)[nH]4)cc3F)cc2)[nH]1. The lowest BCUT2D eigenvalue weighted by atomic mass is 10.00. The van der Waals surface area contributed by atoms with Crippen molar-refractivity contribution < 1.29 is 27.8 Å². The van der Waals surface area contributed by atoms with Crippen LogP contribution in [0.4, 0.5) is 18.4 Å². The van der Waals surface area contributed by atoms with Gasteiger partial charge in [0.25, 0.3) is 0 Å². The highest BCUT2D eigenvalue weighted by atomic mass is 19.1. The number of imidazole rings is 2. The number of halogens is 2. The quantitative estimate of drug-likeness (QED) is 0.222. The molecule has 2 aromatic heterocycles.